The number of imide groups is 1. The molecule has 0 bridgehead atoms. The molecule has 1 atom stereocenters. The lowest BCUT2D eigenvalue weighted by atomic mass is 10.1. The van der Waals surface area contributed by atoms with E-state index < -0.39 is 6.03 Å². The van der Waals surface area contributed by atoms with E-state index in [1.165, 1.54) is 0 Å². The van der Waals surface area contributed by atoms with Crippen molar-refractivity contribution in [2.24, 2.45) is 0 Å². The van der Waals surface area contributed by atoms with Crippen molar-refractivity contribution >= 4 is 12.1 Å². The Bertz CT molecular complexity index is 521. The number of carbonyl (C=O) groups excluding carboxylic acids is 2. The summed E-state index contributed by atoms with van der Waals surface area (Å²) in [6.45, 7) is 1.13. The first-order valence-corrected chi connectivity index (χ1v) is 6.65. The number of amides is 4. The Morgan fingerprint density at radius 3 is 2.90 bits per heavy atom. The summed E-state index contributed by atoms with van der Waals surface area (Å²) in [6.07, 6.45) is -0.310. The number of hydrogen-bond donors (Lipinski definition) is 2. The zero-order chi connectivity index (χ0) is 15.2. The molecule has 0 aromatic heterocycles. The number of methoxy groups -OCH3 is 2. The SMILES string of the molecule is COc1cccc([C@@H](CNC(=O)N2CCNC2=O)OC)c1. The summed E-state index contributed by atoms with van der Waals surface area (Å²) in [5, 5.41) is 5.28. The average Bonchev–Trinajstić information content (AvgIpc) is 2.94. The Morgan fingerprint density at radius 1 is 1.48 bits per heavy atom. The minimum atomic E-state index is -0.421. The van der Waals surface area contributed by atoms with Gasteiger partial charge in [-0.1, -0.05) is 12.1 Å². The summed E-state index contributed by atoms with van der Waals surface area (Å²) in [6, 6.07) is 6.64. The predicted molar refractivity (Wildman–Crippen MR) is 76.2 cm³/mol. The molecular weight excluding hydrogens is 274 g/mol. The topological polar surface area (TPSA) is 79.9 Å². The van der Waals surface area contributed by atoms with Crippen LogP contribution in [0.15, 0.2) is 24.3 Å². The highest BCUT2D eigenvalue weighted by atomic mass is 16.5. The fourth-order valence-electron chi connectivity index (χ4n) is 2.12. The van der Waals surface area contributed by atoms with Crippen molar-refractivity contribution in [2.75, 3.05) is 33.9 Å². The lowest BCUT2D eigenvalue weighted by Gasteiger charge is -2.19. The van der Waals surface area contributed by atoms with E-state index in [9.17, 15) is 9.59 Å². The molecule has 1 aliphatic rings. The highest BCUT2D eigenvalue weighted by Crippen LogP contribution is 2.21. The standard InChI is InChI=1S/C14H19N3O4/c1-20-11-5-3-4-10(8-11)12(21-2)9-16-14(19)17-7-6-15-13(17)18/h3-5,8,12H,6-7,9H2,1-2H3,(H,15,18)(H,16,19)/t12-/m1/s1. The zero-order valence-electron chi connectivity index (χ0n) is 12.1. The summed E-state index contributed by atoms with van der Waals surface area (Å²) in [5.41, 5.74) is 0.892. The second-order valence-corrected chi connectivity index (χ2v) is 4.57. The molecule has 7 nitrogen and oxygen atoms in total. The molecule has 1 aromatic carbocycles. The van der Waals surface area contributed by atoms with Gasteiger partial charge < -0.3 is 20.1 Å². The van der Waals surface area contributed by atoms with Gasteiger partial charge in [-0.25, -0.2) is 14.5 Å². The maximum atomic E-state index is 11.9. The van der Waals surface area contributed by atoms with Crippen molar-refractivity contribution in [1.29, 1.82) is 0 Å². The van der Waals surface area contributed by atoms with E-state index in [1.54, 1.807) is 14.2 Å². The smallest absolute Gasteiger partial charge is 0.325 e. The molecule has 0 unspecified atom stereocenters. The minimum absolute atomic E-state index is 0.270. The van der Waals surface area contributed by atoms with Crippen LogP contribution in [0.4, 0.5) is 9.59 Å². The fraction of sp³-hybridized carbons (Fsp3) is 0.429. The molecule has 1 aliphatic heterocycles. The van der Waals surface area contributed by atoms with Gasteiger partial charge in [0.1, 0.15) is 5.75 Å². The molecule has 0 aliphatic carbocycles. The van der Waals surface area contributed by atoms with Crippen LogP contribution in [0.1, 0.15) is 11.7 Å². The Labute approximate surface area is 123 Å². The van der Waals surface area contributed by atoms with Gasteiger partial charge in [-0.2, -0.15) is 0 Å². The Balaban J connectivity index is 1.95. The number of hydrogen-bond acceptors (Lipinski definition) is 4. The van der Waals surface area contributed by atoms with Crippen molar-refractivity contribution in [3.05, 3.63) is 29.8 Å². The van der Waals surface area contributed by atoms with Crippen LogP contribution in [-0.2, 0) is 4.74 Å². The lowest BCUT2D eigenvalue weighted by molar-refractivity contribution is 0.102. The van der Waals surface area contributed by atoms with Crippen molar-refractivity contribution in [3.8, 4) is 5.75 Å². The van der Waals surface area contributed by atoms with E-state index in [0.29, 0.717) is 13.1 Å². The largest absolute Gasteiger partial charge is 0.497 e. The first-order valence-electron chi connectivity index (χ1n) is 6.65. The van der Waals surface area contributed by atoms with Gasteiger partial charge in [0.25, 0.3) is 0 Å². The van der Waals surface area contributed by atoms with Crippen LogP contribution in [0.2, 0.25) is 0 Å². The number of benzene rings is 1. The molecule has 1 heterocycles. The maximum absolute atomic E-state index is 11.9. The molecule has 1 fully saturated rings. The van der Waals surface area contributed by atoms with Gasteiger partial charge in [-0.3, -0.25) is 0 Å². The second kappa shape index (κ2) is 6.94. The quantitative estimate of drug-likeness (QED) is 0.852. The van der Waals surface area contributed by atoms with E-state index in [4.69, 9.17) is 9.47 Å². The van der Waals surface area contributed by atoms with Crippen LogP contribution in [0.3, 0.4) is 0 Å². The van der Waals surface area contributed by atoms with Gasteiger partial charge in [0.05, 0.1) is 13.2 Å². The molecule has 2 N–H and O–H groups in total. The number of carbonyl (C=O) groups is 2. The van der Waals surface area contributed by atoms with Crippen molar-refractivity contribution < 1.29 is 19.1 Å². The van der Waals surface area contributed by atoms with Gasteiger partial charge in [0, 0.05) is 26.7 Å². The Kier molecular flexibility index (Phi) is 4.99. The molecule has 1 aromatic rings. The van der Waals surface area contributed by atoms with Crippen molar-refractivity contribution in [2.45, 2.75) is 6.10 Å². The zero-order valence-corrected chi connectivity index (χ0v) is 12.1. The third kappa shape index (κ3) is 3.63. The van der Waals surface area contributed by atoms with Gasteiger partial charge >= 0.3 is 12.1 Å². The van der Waals surface area contributed by atoms with Crippen molar-refractivity contribution in [3.63, 3.8) is 0 Å². The third-order valence-corrected chi connectivity index (χ3v) is 3.29. The summed E-state index contributed by atoms with van der Waals surface area (Å²) in [5.74, 6) is 0.722. The highest BCUT2D eigenvalue weighted by molar-refractivity contribution is 5.94. The molecule has 2 rings (SSSR count). The Hall–Kier alpha value is -2.28. The van der Waals surface area contributed by atoms with E-state index in [0.717, 1.165) is 16.2 Å². The van der Waals surface area contributed by atoms with Crippen LogP contribution in [0.25, 0.3) is 0 Å². The molecule has 4 amide bonds. The molecule has 114 valence electrons. The van der Waals surface area contributed by atoms with E-state index in [-0.39, 0.29) is 18.7 Å². The lowest BCUT2D eigenvalue weighted by Crippen LogP contribution is -2.43. The molecular formula is C14H19N3O4. The molecule has 0 spiro atoms. The van der Waals surface area contributed by atoms with E-state index in [2.05, 4.69) is 10.6 Å². The summed E-state index contributed by atoms with van der Waals surface area (Å²) in [7, 11) is 3.16. The monoisotopic (exact) mass is 293 g/mol. The molecule has 0 saturated carbocycles. The highest BCUT2D eigenvalue weighted by Gasteiger charge is 2.26. The van der Waals surface area contributed by atoms with Crippen molar-refractivity contribution in [1.82, 2.24) is 15.5 Å². The number of urea groups is 2. The maximum Gasteiger partial charge on any atom is 0.325 e. The first-order chi connectivity index (χ1) is 10.2. The van der Waals surface area contributed by atoms with Crippen LogP contribution < -0.4 is 15.4 Å². The Morgan fingerprint density at radius 2 is 2.29 bits per heavy atom. The van der Waals surface area contributed by atoms with Gasteiger partial charge in [0.15, 0.2) is 0 Å². The number of nitrogens with zero attached hydrogens (tertiary/aromatic N) is 1. The minimum Gasteiger partial charge on any atom is -0.497 e. The van der Waals surface area contributed by atoms with Gasteiger partial charge in [-0.15, -0.1) is 0 Å². The molecule has 1 saturated heterocycles. The van der Waals surface area contributed by atoms with E-state index in [1.807, 2.05) is 24.3 Å². The first kappa shape index (κ1) is 15.1. The summed E-state index contributed by atoms with van der Waals surface area (Å²) >= 11 is 0. The number of ether oxygens (including phenoxy) is 2. The summed E-state index contributed by atoms with van der Waals surface area (Å²) < 4.78 is 10.6. The van der Waals surface area contributed by atoms with Crippen LogP contribution in [0.5, 0.6) is 5.75 Å². The van der Waals surface area contributed by atoms with Crippen LogP contribution >= 0.6 is 0 Å². The number of rotatable bonds is 5. The second-order valence-electron chi connectivity index (χ2n) is 4.57. The van der Waals surface area contributed by atoms with E-state index >= 15 is 0 Å². The number of nitrogens with one attached hydrogen (secondary N) is 2. The van der Waals surface area contributed by atoms with Gasteiger partial charge in [-0.05, 0) is 17.7 Å². The van der Waals surface area contributed by atoms with Crippen LogP contribution in [0, 0.1) is 0 Å². The predicted octanol–water partition coefficient (Wildman–Crippen LogP) is 1.12. The normalized spacial score (nSPS) is 15.5. The van der Waals surface area contributed by atoms with Crippen LogP contribution in [-0.4, -0.2) is 50.8 Å². The van der Waals surface area contributed by atoms with Gasteiger partial charge in [0.2, 0.25) is 0 Å². The molecule has 0 radical (unpaired) electrons. The fourth-order valence-corrected chi connectivity index (χ4v) is 2.12. The average molecular weight is 293 g/mol. The molecule has 21 heavy (non-hydrogen) atoms. The third-order valence-electron chi connectivity index (χ3n) is 3.29. The molecule has 7 heteroatoms. The summed E-state index contributed by atoms with van der Waals surface area (Å²) in [4.78, 5) is 24.4.